The van der Waals surface area contributed by atoms with Gasteiger partial charge in [0.25, 0.3) is 0 Å². The van der Waals surface area contributed by atoms with Gasteiger partial charge in [-0.15, -0.1) is 0 Å². The van der Waals surface area contributed by atoms with Crippen LogP contribution in [0.2, 0.25) is 0 Å². The molecule has 1 atom stereocenters. The first-order valence-electron chi connectivity index (χ1n) is 11.7. The quantitative estimate of drug-likeness (QED) is 0.191. The van der Waals surface area contributed by atoms with Crippen LogP contribution < -0.4 is 4.74 Å². The average molecular weight is 425 g/mol. The normalized spacial score (nSPS) is 11.7. The van der Waals surface area contributed by atoms with Gasteiger partial charge in [0.1, 0.15) is 5.75 Å². The van der Waals surface area contributed by atoms with Crippen LogP contribution >= 0.6 is 0 Å². The van der Waals surface area contributed by atoms with Gasteiger partial charge < -0.3 is 9.47 Å². The van der Waals surface area contributed by atoms with Gasteiger partial charge in [0.2, 0.25) is 0 Å². The summed E-state index contributed by atoms with van der Waals surface area (Å²) in [5.41, 5.74) is 2.53. The fourth-order valence-electron chi connectivity index (χ4n) is 3.46. The largest absolute Gasteiger partial charge is 0.459 e. The van der Waals surface area contributed by atoms with Crippen LogP contribution in [-0.2, 0) is 9.53 Å². The van der Waals surface area contributed by atoms with Crippen LogP contribution in [0.4, 0.5) is 0 Å². The van der Waals surface area contributed by atoms with Crippen molar-refractivity contribution in [3.8, 4) is 16.9 Å². The highest BCUT2D eigenvalue weighted by atomic mass is 16.5. The summed E-state index contributed by atoms with van der Waals surface area (Å²) in [4.78, 5) is 24.2. The molecule has 0 saturated carbocycles. The van der Waals surface area contributed by atoms with E-state index in [0.29, 0.717) is 17.7 Å². The van der Waals surface area contributed by atoms with Gasteiger partial charge in [0.05, 0.1) is 11.7 Å². The molecule has 0 radical (unpaired) electrons. The van der Waals surface area contributed by atoms with E-state index in [1.165, 1.54) is 25.7 Å². The maximum absolute atomic E-state index is 12.2. The van der Waals surface area contributed by atoms with Gasteiger partial charge >= 0.3 is 11.9 Å². The molecule has 31 heavy (non-hydrogen) atoms. The molecule has 2 rings (SSSR count). The maximum Gasteiger partial charge on any atom is 0.338 e. The van der Waals surface area contributed by atoms with Gasteiger partial charge in [-0.1, -0.05) is 76.6 Å². The summed E-state index contributed by atoms with van der Waals surface area (Å²) in [6.07, 6.45) is 9.11. The van der Waals surface area contributed by atoms with E-state index in [0.717, 1.165) is 36.8 Å². The minimum absolute atomic E-state index is 0.0755. The molecule has 0 amide bonds. The van der Waals surface area contributed by atoms with E-state index in [1.807, 2.05) is 43.3 Å². The molecule has 0 aliphatic heterocycles. The van der Waals surface area contributed by atoms with Crippen LogP contribution in [0.25, 0.3) is 11.1 Å². The molecular formula is C27H36O4. The van der Waals surface area contributed by atoms with Crippen molar-refractivity contribution in [3.05, 3.63) is 54.1 Å². The van der Waals surface area contributed by atoms with Crippen LogP contribution in [0, 0.1) is 0 Å². The number of rotatable bonds is 13. The molecule has 0 spiro atoms. The van der Waals surface area contributed by atoms with Gasteiger partial charge in [-0.3, -0.25) is 4.79 Å². The first kappa shape index (κ1) is 24.6. The molecule has 0 aliphatic carbocycles. The maximum atomic E-state index is 12.2. The van der Waals surface area contributed by atoms with Gasteiger partial charge in [0, 0.05) is 6.42 Å². The molecule has 2 aromatic carbocycles. The fourth-order valence-corrected chi connectivity index (χ4v) is 3.46. The number of carbonyl (C=O) groups is 2. The highest BCUT2D eigenvalue weighted by molar-refractivity contribution is 5.90. The zero-order chi connectivity index (χ0) is 22.5. The van der Waals surface area contributed by atoms with Crippen molar-refractivity contribution in [2.75, 3.05) is 0 Å². The zero-order valence-corrected chi connectivity index (χ0v) is 19.2. The summed E-state index contributed by atoms with van der Waals surface area (Å²) < 4.78 is 10.9. The molecular weight excluding hydrogens is 388 g/mol. The highest BCUT2D eigenvalue weighted by Crippen LogP contribution is 2.23. The molecule has 1 unspecified atom stereocenters. The summed E-state index contributed by atoms with van der Waals surface area (Å²) in [6.45, 7) is 6.18. The predicted octanol–water partition coefficient (Wildman–Crippen LogP) is 7.36. The third-order valence-electron chi connectivity index (χ3n) is 5.28. The Morgan fingerprint density at radius 2 is 1.35 bits per heavy atom. The molecule has 0 bridgehead atoms. The molecule has 0 saturated heterocycles. The van der Waals surface area contributed by atoms with E-state index in [-0.39, 0.29) is 18.0 Å². The molecule has 2 aromatic rings. The lowest BCUT2D eigenvalue weighted by Crippen LogP contribution is -2.14. The van der Waals surface area contributed by atoms with E-state index in [9.17, 15) is 9.59 Å². The average Bonchev–Trinajstić information content (AvgIpc) is 2.77. The Kier molecular flexibility index (Phi) is 10.8. The lowest BCUT2D eigenvalue weighted by Gasteiger charge is -2.12. The van der Waals surface area contributed by atoms with Crippen molar-refractivity contribution in [1.82, 2.24) is 0 Å². The lowest BCUT2D eigenvalue weighted by molar-refractivity contribution is -0.134. The van der Waals surface area contributed by atoms with Crippen molar-refractivity contribution in [2.45, 2.75) is 84.7 Å². The topological polar surface area (TPSA) is 52.6 Å². The van der Waals surface area contributed by atoms with E-state index in [1.54, 1.807) is 12.1 Å². The number of unbranched alkanes of at least 4 members (excludes halogenated alkanes) is 5. The Morgan fingerprint density at radius 1 is 0.774 bits per heavy atom. The molecule has 4 heteroatoms. The number of ether oxygens (including phenoxy) is 2. The van der Waals surface area contributed by atoms with Crippen molar-refractivity contribution in [3.63, 3.8) is 0 Å². The minimum atomic E-state index is -0.292. The van der Waals surface area contributed by atoms with Gasteiger partial charge in [-0.2, -0.15) is 0 Å². The summed E-state index contributed by atoms with van der Waals surface area (Å²) in [6, 6.07) is 14.8. The van der Waals surface area contributed by atoms with E-state index < -0.39 is 0 Å². The zero-order valence-electron chi connectivity index (χ0n) is 19.2. The standard InChI is InChI=1S/C27H36O4/c1-4-6-7-8-9-10-12-26(28)31-25-19-17-23(18-20-25)22-13-15-24(16-14-22)27(29)30-21(3)11-5-2/h13-21H,4-12H2,1-3H3. The van der Waals surface area contributed by atoms with E-state index >= 15 is 0 Å². The summed E-state index contributed by atoms with van der Waals surface area (Å²) >= 11 is 0. The van der Waals surface area contributed by atoms with Crippen LogP contribution in [0.5, 0.6) is 5.75 Å². The smallest absolute Gasteiger partial charge is 0.338 e. The third-order valence-corrected chi connectivity index (χ3v) is 5.28. The Morgan fingerprint density at radius 3 is 1.97 bits per heavy atom. The number of esters is 2. The molecule has 0 N–H and O–H groups in total. The van der Waals surface area contributed by atoms with Crippen LogP contribution in [-0.4, -0.2) is 18.0 Å². The summed E-state index contributed by atoms with van der Waals surface area (Å²) in [5.74, 6) is 0.0911. The Hall–Kier alpha value is -2.62. The first-order valence-corrected chi connectivity index (χ1v) is 11.7. The second kappa shape index (κ2) is 13.6. The van der Waals surface area contributed by atoms with Gasteiger partial charge in [-0.05, 0) is 55.2 Å². The van der Waals surface area contributed by atoms with Crippen molar-refractivity contribution < 1.29 is 19.1 Å². The lowest BCUT2D eigenvalue weighted by atomic mass is 10.0. The molecule has 0 heterocycles. The second-order valence-corrected chi connectivity index (χ2v) is 8.10. The fraction of sp³-hybridized carbons (Fsp3) is 0.481. The minimum Gasteiger partial charge on any atom is -0.459 e. The predicted molar refractivity (Wildman–Crippen MR) is 125 cm³/mol. The van der Waals surface area contributed by atoms with Crippen molar-refractivity contribution in [2.24, 2.45) is 0 Å². The van der Waals surface area contributed by atoms with Gasteiger partial charge in [-0.25, -0.2) is 4.79 Å². The Bertz CT molecular complexity index is 793. The molecule has 0 fully saturated rings. The SMILES string of the molecule is CCCCCCCCC(=O)Oc1ccc(-c2ccc(C(=O)OC(C)CCC)cc2)cc1. The first-order chi connectivity index (χ1) is 15.0. The number of hydrogen-bond donors (Lipinski definition) is 0. The molecule has 0 aromatic heterocycles. The number of hydrogen-bond acceptors (Lipinski definition) is 4. The second-order valence-electron chi connectivity index (χ2n) is 8.10. The number of benzene rings is 2. The van der Waals surface area contributed by atoms with E-state index in [4.69, 9.17) is 9.47 Å². The van der Waals surface area contributed by atoms with Crippen molar-refractivity contribution in [1.29, 1.82) is 0 Å². The third kappa shape index (κ3) is 8.95. The van der Waals surface area contributed by atoms with E-state index in [2.05, 4.69) is 13.8 Å². The van der Waals surface area contributed by atoms with Crippen LogP contribution in [0.3, 0.4) is 0 Å². The van der Waals surface area contributed by atoms with Crippen LogP contribution in [0.1, 0.15) is 88.9 Å². The summed E-state index contributed by atoms with van der Waals surface area (Å²) in [7, 11) is 0. The molecule has 168 valence electrons. The molecule has 0 aliphatic rings. The monoisotopic (exact) mass is 424 g/mol. The number of carbonyl (C=O) groups excluding carboxylic acids is 2. The van der Waals surface area contributed by atoms with Crippen LogP contribution in [0.15, 0.2) is 48.5 Å². The Labute approximate surface area is 187 Å². The van der Waals surface area contributed by atoms with Crippen molar-refractivity contribution >= 4 is 11.9 Å². The Balaban J connectivity index is 1.83. The van der Waals surface area contributed by atoms with Gasteiger partial charge in [0.15, 0.2) is 0 Å². The highest BCUT2D eigenvalue weighted by Gasteiger charge is 2.12. The molecule has 4 nitrogen and oxygen atoms in total. The summed E-state index contributed by atoms with van der Waals surface area (Å²) in [5, 5.41) is 0.